The SMILES string of the molecule is COc1ccc(Br)cc1/C=N\NC(=O)[C@H]1C=NNC1=O. The van der Waals surface area contributed by atoms with Crippen LogP contribution in [0.3, 0.4) is 0 Å². The van der Waals surface area contributed by atoms with E-state index in [0.29, 0.717) is 11.3 Å². The summed E-state index contributed by atoms with van der Waals surface area (Å²) in [6.45, 7) is 0. The molecule has 8 heteroatoms. The Kier molecular flexibility index (Phi) is 4.46. The molecule has 2 N–H and O–H groups in total. The molecule has 0 bridgehead atoms. The molecule has 0 spiro atoms. The molecule has 1 atom stereocenters. The highest BCUT2D eigenvalue weighted by molar-refractivity contribution is 9.10. The summed E-state index contributed by atoms with van der Waals surface area (Å²) in [4.78, 5) is 22.9. The van der Waals surface area contributed by atoms with Crippen LogP contribution in [0.5, 0.6) is 5.75 Å². The van der Waals surface area contributed by atoms with Crippen LogP contribution in [0.1, 0.15) is 5.56 Å². The molecule has 1 heterocycles. The van der Waals surface area contributed by atoms with Gasteiger partial charge in [-0.15, -0.1) is 0 Å². The monoisotopic (exact) mass is 338 g/mol. The third-order valence-corrected chi connectivity index (χ3v) is 3.03. The van der Waals surface area contributed by atoms with Gasteiger partial charge < -0.3 is 4.74 Å². The first-order valence-electron chi connectivity index (χ1n) is 5.61. The lowest BCUT2D eigenvalue weighted by atomic mass is 10.1. The van der Waals surface area contributed by atoms with E-state index in [1.165, 1.54) is 12.4 Å². The summed E-state index contributed by atoms with van der Waals surface area (Å²) in [7, 11) is 1.54. The van der Waals surface area contributed by atoms with Gasteiger partial charge in [-0.05, 0) is 18.2 Å². The van der Waals surface area contributed by atoms with Gasteiger partial charge in [-0.3, -0.25) is 9.59 Å². The number of ether oxygens (including phenoxy) is 1. The van der Waals surface area contributed by atoms with Crippen LogP contribution in [-0.2, 0) is 9.59 Å². The molecule has 0 aromatic heterocycles. The highest BCUT2D eigenvalue weighted by Crippen LogP contribution is 2.21. The third-order valence-electron chi connectivity index (χ3n) is 2.53. The normalized spacial score (nSPS) is 17.3. The largest absolute Gasteiger partial charge is 0.496 e. The topological polar surface area (TPSA) is 92.2 Å². The summed E-state index contributed by atoms with van der Waals surface area (Å²) in [5.74, 6) is -1.35. The Hall–Kier alpha value is -2.22. The zero-order valence-corrected chi connectivity index (χ0v) is 12.0. The molecule has 104 valence electrons. The van der Waals surface area contributed by atoms with Gasteiger partial charge in [0, 0.05) is 16.3 Å². The van der Waals surface area contributed by atoms with E-state index in [2.05, 4.69) is 37.0 Å². The molecule has 0 radical (unpaired) electrons. The van der Waals surface area contributed by atoms with Crippen LogP contribution in [-0.4, -0.2) is 31.4 Å². The number of halogens is 1. The van der Waals surface area contributed by atoms with E-state index in [1.807, 2.05) is 6.07 Å². The van der Waals surface area contributed by atoms with E-state index >= 15 is 0 Å². The lowest BCUT2D eigenvalue weighted by molar-refractivity contribution is -0.131. The second kappa shape index (κ2) is 6.29. The van der Waals surface area contributed by atoms with Crippen LogP contribution in [0.15, 0.2) is 32.9 Å². The highest BCUT2D eigenvalue weighted by Gasteiger charge is 2.28. The summed E-state index contributed by atoms with van der Waals surface area (Å²) in [6.07, 6.45) is 2.67. The second-order valence-corrected chi connectivity index (χ2v) is 4.77. The zero-order valence-electron chi connectivity index (χ0n) is 10.5. The Balaban J connectivity index is 2.03. The predicted octanol–water partition coefficient (Wildman–Crippen LogP) is 0.640. The number of rotatable bonds is 4. The van der Waals surface area contributed by atoms with Crippen LogP contribution in [0.4, 0.5) is 0 Å². The molecular weight excluding hydrogens is 328 g/mol. The predicted molar refractivity (Wildman–Crippen MR) is 76.6 cm³/mol. The Morgan fingerprint density at radius 3 is 3.05 bits per heavy atom. The molecule has 0 fully saturated rings. The molecule has 7 nitrogen and oxygen atoms in total. The quantitative estimate of drug-likeness (QED) is 0.479. The molecule has 20 heavy (non-hydrogen) atoms. The maximum Gasteiger partial charge on any atom is 0.258 e. The van der Waals surface area contributed by atoms with Crippen LogP contribution in [0.25, 0.3) is 0 Å². The molecule has 0 saturated carbocycles. The first-order chi connectivity index (χ1) is 9.61. The number of carbonyl (C=O) groups excluding carboxylic acids is 2. The van der Waals surface area contributed by atoms with E-state index in [4.69, 9.17) is 4.74 Å². The minimum Gasteiger partial charge on any atom is -0.496 e. The Morgan fingerprint density at radius 1 is 1.60 bits per heavy atom. The van der Waals surface area contributed by atoms with Crippen molar-refractivity contribution in [3.8, 4) is 5.75 Å². The fraction of sp³-hybridized carbons (Fsp3) is 0.167. The standard InChI is InChI=1S/C12H11BrN4O3/c1-20-10-3-2-8(13)4-7(10)5-14-16-11(18)9-6-15-17-12(9)19/h2-6,9H,1H3,(H,16,18)(H,17,19)/b14-5-/t9-/m1/s1. The van der Waals surface area contributed by atoms with Gasteiger partial charge in [0.15, 0.2) is 5.92 Å². The number of methoxy groups -OCH3 is 1. The molecule has 1 aromatic rings. The number of hydrogen-bond donors (Lipinski definition) is 2. The smallest absolute Gasteiger partial charge is 0.258 e. The average molecular weight is 339 g/mol. The molecule has 0 unspecified atom stereocenters. The minimum atomic E-state index is -0.948. The van der Waals surface area contributed by atoms with Crippen molar-refractivity contribution in [3.63, 3.8) is 0 Å². The average Bonchev–Trinajstić information content (AvgIpc) is 2.85. The number of hydrazone groups is 2. The van der Waals surface area contributed by atoms with Gasteiger partial charge in [-0.25, -0.2) is 10.9 Å². The summed E-state index contributed by atoms with van der Waals surface area (Å²) in [5.41, 5.74) is 5.14. The first kappa shape index (κ1) is 14.2. The number of carbonyl (C=O) groups is 2. The third kappa shape index (κ3) is 3.21. The van der Waals surface area contributed by atoms with Crippen LogP contribution in [0, 0.1) is 5.92 Å². The van der Waals surface area contributed by atoms with Crippen molar-refractivity contribution in [3.05, 3.63) is 28.2 Å². The summed E-state index contributed by atoms with van der Waals surface area (Å²) < 4.78 is 6.02. The Labute approximate surface area is 123 Å². The maximum atomic E-state index is 11.6. The fourth-order valence-electron chi connectivity index (χ4n) is 1.54. The number of benzene rings is 1. The first-order valence-corrected chi connectivity index (χ1v) is 6.40. The molecule has 1 aliphatic rings. The molecule has 2 rings (SSSR count). The van der Waals surface area contributed by atoms with Gasteiger partial charge in [-0.1, -0.05) is 15.9 Å². The van der Waals surface area contributed by atoms with Crippen LogP contribution < -0.4 is 15.6 Å². The maximum absolute atomic E-state index is 11.6. The highest BCUT2D eigenvalue weighted by atomic mass is 79.9. The van der Waals surface area contributed by atoms with E-state index in [9.17, 15) is 9.59 Å². The van der Waals surface area contributed by atoms with E-state index in [1.54, 1.807) is 19.2 Å². The van der Waals surface area contributed by atoms with E-state index in [0.717, 1.165) is 4.47 Å². The number of nitrogens with one attached hydrogen (secondary N) is 2. The fourth-order valence-corrected chi connectivity index (χ4v) is 1.92. The summed E-state index contributed by atoms with van der Waals surface area (Å²) in [6, 6.07) is 5.39. The van der Waals surface area contributed by atoms with Gasteiger partial charge in [-0.2, -0.15) is 10.2 Å². The summed E-state index contributed by atoms with van der Waals surface area (Å²) in [5, 5.41) is 7.31. The van der Waals surface area contributed by atoms with Crippen LogP contribution in [0.2, 0.25) is 0 Å². The molecule has 2 amide bonds. The second-order valence-electron chi connectivity index (χ2n) is 3.85. The number of amides is 2. The van der Waals surface area contributed by atoms with Crippen molar-refractivity contribution in [1.29, 1.82) is 0 Å². The van der Waals surface area contributed by atoms with Crippen molar-refractivity contribution < 1.29 is 14.3 Å². The van der Waals surface area contributed by atoms with E-state index < -0.39 is 17.7 Å². The van der Waals surface area contributed by atoms with Crippen molar-refractivity contribution >= 4 is 40.2 Å². The Morgan fingerprint density at radius 2 is 2.40 bits per heavy atom. The zero-order chi connectivity index (χ0) is 14.5. The lowest BCUT2D eigenvalue weighted by Crippen LogP contribution is -2.34. The van der Waals surface area contributed by atoms with E-state index in [-0.39, 0.29) is 0 Å². The van der Waals surface area contributed by atoms with Gasteiger partial charge in [0.05, 0.1) is 13.3 Å². The van der Waals surface area contributed by atoms with Gasteiger partial charge in [0.1, 0.15) is 5.75 Å². The molecular formula is C12H11BrN4O3. The minimum absolute atomic E-state index is 0.474. The van der Waals surface area contributed by atoms with Crippen LogP contribution >= 0.6 is 15.9 Å². The molecule has 0 aliphatic carbocycles. The molecule has 0 saturated heterocycles. The van der Waals surface area contributed by atoms with Crippen molar-refractivity contribution in [2.24, 2.45) is 16.1 Å². The molecule has 1 aromatic carbocycles. The van der Waals surface area contributed by atoms with Gasteiger partial charge >= 0.3 is 0 Å². The van der Waals surface area contributed by atoms with Crippen molar-refractivity contribution in [1.82, 2.24) is 10.9 Å². The molecule has 1 aliphatic heterocycles. The van der Waals surface area contributed by atoms with Gasteiger partial charge in [0.2, 0.25) is 0 Å². The van der Waals surface area contributed by atoms with Crippen molar-refractivity contribution in [2.45, 2.75) is 0 Å². The summed E-state index contributed by atoms with van der Waals surface area (Å²) >= 11 is 3.33. The number of nitrogens with zero attached hydrogens (tertiary/aromatic N) is 2. The number of hydrogen-bond acceptors (Lipinski definition) is 5. The Bertz CT molecular complexity index is 600. The van der Waals surface area contributed by atoms with Crippen molar-refractivity contribution in [2.75, 3.05) is 7.11 Å². The van der Waals surface area contributed by atoms with Gasteiger partial charge in [0.25, 0.3) is 11.8 Å². The lowest BCUT2D eigenvalue weighted by Gasteiger charge is -2.05.